The van der Waals surface area contributed by atoms with Gasteiger partial charge in [-0.3, -0.25) is 4.79 Å². The Morgan fingerprint density at radius 2 is 1.50 bits per heavy atom. The summed E-state index contributed by atoms with van der Waals surface area (Å²) in [5.41, 5.74) is 0. The van der Waals surface area contributed by atoms with Crippen molar-refractivity contribution in [2.45, 2.75) is 6.04 Å². The fraction of sp³-hybridized carbons (Fsp3) is 0.400. The Bertz CT molecular complexity index is 206. The number of carboxylic acid groups (broad SMARTS) is 2. The van der Waals surface area contributed by atoms with Crippen LogP contribution in [0.3, 0.4) is 0 Å². The Labute approximate surface area is 123 Å². The molecule has 0 saturated carbocycles. The number of carboxylic acids is 2. The first-order valence-corrected chi connectivity index (χ1v) is 2.81. The fourth-order valence-corrected chi connectivity index (χ4v) is 0.421. The molecule has 0 spiro atoms. The van der Waals surface area contributed by atoms with E-state index in [-0.39, 0.29) is 59.1 Å². The molecular weight excluding hydrogens is 216 g/mol. The van der Waals surface area contributed by atoms with Gasteiger partial charge in [0.25, 0.3) is 0 Å². The molecule has 0 radical (unpaired) electrons. The van der Waals surface area contributed by atoms with Crippen molar-refractivity contribution in [3.8, 4) is 0 Å². The molecule has 0 aromatic heterocycles. The van der Waals surface area contributed by atoms with Crippen LogP contribution in [0.25, 0.3) is 0 Å². The molecule has 0 aliphatic rings. The van der Waals surface area contributed by atoms with E-state index in [1.165, 1.54) is 5.32 Å². The molecule has 0 aromatic carbocycles. The van der Waals surface area contributed by atoms with Crippen molar-refractivity contribution in [3.63, 3.8) is 0 Å². The maximum Gasteiger partial charge on any atom is 1.00 e. The molecule has 1 amide bonds. The van der Waals surface area contributed by atoms with Crippen molar-refractivity contribution in [2.24, 2.45) is 0 Å². The molecule has 0 aliphatic carbocycles. The summed E-state index contributed by atoms with van der Waals surface area (Å²) < 4.78 is 0. The van der Waals surface area contributed by atoms with E-state index < -0.39 is 30.5 Å². The maximum absolute atomic E-state index is 10.3. The monoisotopic (exact) mass is 221 g/mol. The standard InChI is InChI=1S/C5H7NO6.2Na/c7-1-2(8)6-3(4(9)10)5(11)12;;/h3,7H,1H2,(H,6,8)(H,9,10)(H,11,12);;/q;2*+1/p-2. The first kappa shape index (κ1) is 19.9. The molecule has 2 N–H and O–H groups in total. The first-order chi connectivity index (χ1) is 5.49. The molecule has 0 saturated heterocycles. The third kappa shape index (κ3) is 7.74. The summed E-state index contributed by atoms with van der Waals surface area (Å²) in [7, 11) is 0. The second kappa shape index (κ2) is 9.91. The Morgan fingerprint density at radius 1 is 1.14 bits per heavy atom. The average Bonchev–Trinajstić information content (AvgIpc) is 1.98. The van der Waals surface area contributed by atoms with Crippen LogP contribution in [0.5, 0.6) is 0 Å². The second-order valence-electron chi connectivity index (χ2n) is 1.80. The molecule has 0 bridgehead atoms. The predicted molar refractivity (Wildman–Crippen MR) is 29.0 cm³/mol. The summed E-state index contributed by atoms with van der Waals surface area (Å²) >= 11 is 0. The third-order valence-corrected chi connectivity index (χ3v) is 0.920. The Hall–Kier alpha value is 0.370. The van der Waals surface area contributed by atoms with Crippen LogP contribution >= 0.6 is 0 Å². The van der Waals surface area contributed by atoms with Crippen LogP contribution in [0.15, 0.2) is 0 Å². The number of hydrogen-bond acceptors (Lipinski definition) is 6. The molecule has 7 nitrogen and oxygen atoms in total. The zero-order valence-electron chi connectivity index (χ0n) is 7.77. The van der Waals surface area contributed by atoms with Crippen LogP contribution in [0.1, 0.15) is 0 Å². The number of aliphatic hydroxyl groups is 1. The van der Waals surface area contributed by atoms with E-state index in [2.05, 4.69) is 0 Å². The van der Waals surface area contributed by atoms with Crippen molar-refractivity contribution >= 4 is 17.8 Å². The van der Waals surface area contributed by atoms with Crippen LogP contribution in [-0.4, -0.2) is 35.6 Å². The number of carbonyl (C=O) groups is 3. The Morgan fingerprint density at radius 3 is 1.71 bits per heavy atom. The molecule has 0 aliphatic heterocycles. The van der Waals surface area contributed by atoms with Crippen molar-refractivity contribution in [2.75, 3.05) is 6.61 Å². The summed E-state index contributed by atoms with van der Waals surface area (Å²) in [5, 5.41) is 29.5. The van der Waals surface area contributed by atoms with E-state index in [1.807, 2.05) is 0 Å². The van der Waals surface area contributed by atoms with Crippen LogP contribution in [0.4, 0.5) is 0 Å². The molecular formula is C5H5NNa2O6. The minimum absolute atomic E-state index is 0. The van der Waals surface area contributed by atoms with Gasteiger partial charge in [-0.05, 0) is 0 Å². The zero-order chi connectivity index (χ0) is 9.72. The molecule has 0 aromatic rings. The summed E-state index contributed by atoms with van der Waals surface area (Å²) in [6.45, 7) is -1.00. The van der Waals surface area contributed by atoms with Crippen LogP contribution in [0, 0.1) is 0 Å². The van der Waals surface area contributed by atoms with E-state index in [9.17, 15) is 24.6 Å². The number of amides is 1. The van der Waals surface area contributed by atoms with E-state index in [0.717, 1.165) is 0 Å². The fourth-order valence-electron chi connectivity index (χ4n) is 0.421. The largest absolute Gasteiger partial charge is 1.00 e. The molecule has 0 heterocycles. The number of rotatable bonds is 4. The second-order valence-corrected chi connectivity index (χ2v) is 1.80. The number of nitrogens with one attached hydrogen (secondary N) is 1. The van der Waals surface area contributed by atoms with E-state index in [4.69, 9.17) is 5.11 Å². The van der Waals surface area contributed by atoms with Crippen LogP contribution in [0.2, 0.25) is 0 Å². The van der Waals surface area contributed by atoms with E-state index >= 15 is 0 Å². The minimum Gasteiger partial charge on any atom is -0.547 e. The molecule has 9 heteroatoms. The van der Waals surface area contributed by atoms with Gasteiger partial charge in [0.2, 0.25) is 5.91 Å². The summed E-state index contributed by atoms with van der Waals surface area (Å²) in [6.07, 6.45) is 0. The van der Waals surface area contributed by atoms with Gasteiger partial charge in [0.15, 0.2) is 0 Å². The van der Waals surface area contributed by atoms with E-state index in [0.29, 0.717) is 0 Å². The SMILES string of the molecule is O=C(CO)NC(C(=O)[O-])C(=O)[O-].[Na+].[Na+]. The molecule has 0 unspecified atom stereocenters. The third-order valence-electron chi connectivity index (χ3n) is 0.920. The van der Waals surface area contributed by atoms with Gasteiger partial charge < -0.3 is 30.2 Å². The van der Waals surface area contributed by atoms with Gasteiger partial charge in [-0.25, -0.2) is 0 Å². The van der Waals surface area contributed by atoms with Gasteiger partial charge in [-0.2, -0.15) is 0 Å². The van der Waals surface area contributed by atoms with Gasteiger partial charge in [-0.15, -0.1) is 0 Å². The van der Waals surface area contributed by atoms with Gasteiger partial charge in [0.05, 0.1) is 11.9 Å². The maximum atomic E-state index is 10.3. The number of hydrogen-bond donors (Lipinski definition) is 2. The molecule has 0 rings (SSSR count). The van der Waals surface area contributed by atoms with Crippen molar-refractivity contribution in [3.05, 3.63) is 0 Å². The molecule has 14 heavy (non-hydrogen) atoms. The van der Waals surface area contributed by atoms with Crippen molar-refractivity contribution < 1.29 is 88.8 Å². The number of carbonyl (C=O) groups excluding carboxylic acids is 3. The summed E-state index contributed by atoms with van der Waals surface area (Å²) in [6, 6.07) is -2.23. The van der Waals surface area contributed by atoms with Gasteiger partial charge in [-0.1, -0.05) is 0 Å². The molecule has 0 fully saturated rings. The van der Waals surface area contributed by atoms with Gasteiger partial charge in [0.1, 0.15) is 12.6 Å². The van der Waals surface area contributed by atoms with Crippen molar-refractivity contribution in [1.82, 2.24) is 5.32 Å². The van der Waals surface area contributed by atoms with Crippen molar-refractivity contribution in [1.29, 1.82) is 0 Å². The number of aliphatic hydroxyl groups excluding tert-OH is 1. The predicted octanol–water partition coefficient (Wildman–Crippen LogP) is -11.0. The van der Waals surface area contributed by atoms with Crippen LogP contribution < -0.4 is 74.6 Å². The average molecular weight is 221 g/mol. The topological polar surface area (TPSA) is 130 Å². The van der Waals surface area contributed by atoms with Gasteiger partial charge in [0, 0.05) is 0 Å². The summed E-state index contributed by atoms with van der Waals surface area (Å²) in [4.78, 5) is 30.2. The smallest absolute Gasteiger partial charge is 0.547 e. The quantitative estimate of drug-likeness (QED) is 0.358. The Balaban J connectivity index is -0.000000605. The molecule has 0 atom stereocenters. The molecule has 68 valence electrons. The minimum atomic E-state index is -2.23. The first-order valence-electron chi connectivity index (χ1n) is 2.81. The Kier molecular flexibility index (Phi) is 14.1. The van der Waals surface area contributed by atoms with Gasteiger partial charge >= 0.3 is 59.1 Å². The van der Waals surface area contributed by atoms with Crippen LogP contribution in [-0.2, 0) is 14.4 Å². The normalized spacial score (nSPS) is 8.14. The van der Waals surface area contributed by atoms with E-state index in [1.54, 1.807) is 0 Å². The summed E-state index contributed by atoms with van der Waals surface area (Å²) in [5.74, 6) is -5.14. The zero-order valence-corrected chi connectivity index (χ0v) is 11.8. The number of aliphatic carboxylic acids is 2.